The van der Waals surface area contributed by atoms with Gasteiger partial charge in [-0.2, -0.15) is 13.2 Å². The summed E-state index contributed by atoms with van der Waals surface area (Å²) in [6, 6.07) is 12.2. The lowest BCUT2D eigenvalue weighted by atomic mass is 9.77. The predicted molar refractivity (Wildman–Crippen MR) is 98.3 cm³/mol. The summed E-state index contributed by atoms with van der Waals surface area (Å²) in [6.07, 6.45) is -5.15. The van der Waals surface area contributed by atoms with Crippen LogP contribution in [0.4, 0.5) is 13.2 Å². The van der Waals surface area contributed by atoms with Crippen molar-refractivity contribution in [1.82, 2.24) is 10.6 Å². The fourth-order valence-corrected chi connectivity index (χ4v) is 3.48. The van der Waals surface area contributed by atoms with Crippen molar-refractivity contribution in [3.05, 3.63) is 70.7 Å². The van der Waals surface area contributed by atoms with E-state index in [0.717, 1.165) is 0 Å². The molecule has 142 valence electrons. The lowest BCUT2D eigenvalue weighted by Gasteiger charge is -2.46. The van der Waals surface area contributed by atoms with Crippen molar-refractivity contribution in [2.24, 2.45) is 5.92 Å². The van der Waals surface area contributed by atoms with E-state index in [1.165, 1.54) is 48.5 Å². The highest BCUT2D eigenvalue weighted by atomic mass is 35.5. The molecule has 1 heterocycles. The minimum Gasteiger partial charge on any atom is -0.363 e. The Balaban J connectivity index is 2.15. The van der Waals surface area contributed by atoms with Crippen molar-refractivity contribution >= 4 is 34.7 Å². The predicted octanol–water partition coefficient (Wildman–Crippen LogP) is 3.61. The molecule has 3 N–H and O–H groups in total. The Bertz CT molecular complexity index is 861. The Hall–Kier alpha value is -2.16. The number of ketones is 1. The second-order valence-electron chi connectivity index (χ2n) is 6.10. The lowest BCUT2D eigenvalue weighted by Crippen LogP contribution is -2.72. The molecule has 3 atom stereocenters. The third-order valence-electron chi connectivity index (χ3n) is 4.38. The van der Waals surface area contributed by atoms with Gasteiger partial charge in [-0.1, -0.05) is 54.1 Å². The molecule has 0 spiro atoms. The molecule has 3 rings (SSSR count). The number of carbonyl (C=O) groups is 1. The summed E-state index contributed by atoms with van der Waals surface area (Å²) in [5.74, 6) is -2.80. The zero-order chi connectivity index (χ0) is 19.8. The second-order valence-corrected chi connectivity index (χ2v) is 6.94. The molecule has 2 aromatic rings. The number of hydrogen-bond acceptors (Lipinski definition) is 3. The molecule has 2 aromatic carbocycles. The van der Waals surface area contributed by atoms with Crippen LogP contribution in [-0.2, 0) is 0 Å². The Morgan fingerprint density at radius 2 is 1.70 bits per heavy atom. The number of aliphatic hydroxyl groups is 1. The van der Waals surface area contributed by atoms with Crippen LogP contribution in [-0.4, -0.2) is 27.9 Å². The normalized spacial score (nSPS) is 25.4. The van der Waals surface area contributed by atoms with Gasteiger partial charge in [0.25, 0.3) is 0 Å². The highest BCUT2D eigenvalue weighted by Crippen LogP contribution is 2.44. The van der Waals surface area contributed by atoms with Gasteiger partial charge in [0.1, 0.15) is 5.92 Å². The topological polar surface area (TPSA) is 61.4 Å². The van der Waals surface area contributed by atoms with Crippen molar-refractivity contribution in [1.29, 1.82) is 0 Å². The third kappa shape index (κ3) is 3.65. The zero-order valence-electron chi connectivity index (χ0n) is 13.6. The summed E-state index contributed by atoms with van der Waals surface area (Å²) in [5, 5.41) is 15.0. The fourth-order valence-electron chi connectivity index (χ4n) is 3.07. The van der Waals surface area contributed by atoms with E-state index < -0.39 is 34.8 Å². The number of benzene rings is 2. The number of alkyl halides is 3. The van der Waals surface area contributed by atoms with Crippen LogP contribution in [0, 0.1) is 5.92 Å². The maximum Gasteiger partial charge on any atom is 0.437 e. The van der Waals surface area contributed by atoms with Gasteiger partial charge >= 0.3 is 6.18 Å². The molecular weight excluding hydrogens is 401 g/mol. The summed E-state index contributed by atoms with van der Waals surface area (Å²) < 4.78 is 41.4. The molecule has 0 amide bonds. The summed E-state index contributed by atoms with van der Waals surface area (Å²) >= 11 is 10.7. The van der Waals surface area contributed by atoms with Gasteiger partial charge in [0.05, 0.1) is 6.04 Å². The molecule has 4 nitrogen and oxygen atoms in total. The Morgan fingerprint density at radius 1 is 1.11 bits per heavy atom. The third-order valence-corrected chi connectivity index (χ3v) is 4.85. The molecule has 27 heavy (non-hydrogen) atoms. The molecular formula is C18H14ClF3N2O2S. The number of hydrogen-bond donors (Lipinski definition) is 3. The smallest absolute Gasteiger partial charge is 0.363 e. The quantitative estimate of drug-likeness (QED) is 0.529. The van der Waals surface area contributed by atoms with Crippen LogP contribution in [0.5, 0.6) is 0 Å². The van der Waals surface area contributed by atoms with E-state index in [1.54, 1.807) is 6.07 Å². The fraction of sp³-hybridized carbons (Fsp3) is 0.222. The van der Waals surface area contributed by atoms with Gasteiger partial charge in [0, 0.05) is 10.6 Å². The van der Waals surface area contributed by atoms with Crippen LogP contribution < -0.4 is 10.6 Å². The molecule has 1 aliphatic rings. The molecule has 0 radical (unpaired) electrons. The van der Waals surface area contributed by atoms with Crippen LogP contribution in [0.1, 0.15) is 22.0 Å². The summed E-state index contributed by atoms with van der Waals surface area (Å²) in [4.78, 5) is 13.0. The van der Waals surface area contributed by atoms with Gasteiger partial charge in [0.2, 0.25) is 5.72 Å². The SMILES string of the molecule is O=C(c1ccccc1)[C@H]1[C@H](c2ccc(Cl)cc2)NC(=S)N[C@]1(O)C(F)(F)F. The minimum atomic E-state index is -5.15. The first-order chi connectivity index (χ1) is 12.6. The first-order valence-corrected chi connectivity index (χ1v) is 8.64. The molecule has 1 fully saturated rings. The van der Waals surface area contributed by atoms with Crippen molar-refractivity contribution in [2.75, 3.05) is 0 Å². The van der Waals surface area contributed by atoms with Crippen molar-refractivity contribution in [3.63, 3.8) is 0 Å². The Kier molecular flexibility index (Phi) is 5.16. The van der Waals surface area contributed by atoms with E-state index in [1.807, 2.05) is 5.32 Å². The molecule has 1 aliphatic heterocycles. The van der Waals surface area contributed by atoms with E-state index in [-0.39, 0.29) is 5.56 Å². The highest BCUT2D eigenvalue weighted by Gasteiger charge is 2.65. The van der Waals surface area contributed by atoms with Crippen LogP contribution in [0.2, 0.25) is 5.02 Å². The molecule has 0 saturated carbocycles. The molecule has 0 aliphatic carbocycles. The van der Waals surface area contributed by atoms with E-state index >= 15 is 0 Å². The van der Waals surface area contributed by atoms with Gasteiger partial charge in [-0.15, -0.1) is 0 Å². The Morgan fingerprint density at radius 3 is 2.26 bits per heavy atom. The number of rotatable bonds is 3. The van der Waals surface area contributed by atoms with Crippen LogP contribution in [0.3, 0.4) is 0 Å². The van der Waals surface area contributed by atoms with Gasteiger partial charge in [-0.3, -0.25) is 4.79 Å². The number of Topliss-reactive ketones (excluding diaryl/α,β-unsaturated/α-hetero) is 1. The summed E-state index contributed by atoms with van der Waals surface area (Å²) in [5.41, 5.74) is -3.16. The first kappa shape index (κ1) is 19.6. The summed E-state index contributed by atoms with van der Waals surface area (Å²) in [7, 11) is 0. The maximum absolute atomic E-state index is 13.8. The van der Waals surface area contributed by atoms with Crippen molar-refractivity contribution in [2.45, 2.75) is 17.9 Å². The average Bonchev–Trinajstić information content (AvgIpc) is 2.61. The lowest BCUT2D eigenvalue weighted by molar-refractivity contribution is -0.285. The van der Waals surface area contributed by atoms with Crippen LogP contribution in [0.15, 0.2) is 54.6 Å². The number of thiocarbonyl (C=S) groups is 1. The monoisotopic (exact) mass is 414 g/mol. The van der Waals surface area contributed by atoms with Gasteiger partial charge in [-0.25, -0.2) is 0 Å². The van der Waals surface area contributed by atoms with Crippen LogP contribution >= 0.6 is 23.8 Å². The van der Waals surface area contributed by atoms with E-state index in [4.69, 9.17) is 23.8 Å². The maximum atomic E-state index is 13.8. The van der Waals surface area contributed by atoms with Gasteiger partial charge < -0.3 is 15.7 Å². The zero-order valence-corrected chi connectivity index (χ0v) is 15.2. The standard InChI is InChI=1S/C18H14ClF3N2O2S/c19-12-8-6-10(7-9-12)14-13(15(25)11-4-2-1-3-5-11)17(26,18(20,21)22)24-16(27)23-14/h1-9,13-14,26H,(H2,23,24,27)/t13-,14+,17-/m1/s1. The first-order valence-electron chi connectivity index (χ1n) is 7.86. The van der Waals surface area contributed by atoms with Crippen molar-refractivity contribution in [3.8, 4) is 0 Å². The van der Waals surface area contributed by atoms with Gasteiger partial charge in [-0.05, 0) is 29.9 Å². The number of carbonyl (C=O) groups excluding carboxylic acids is 1. The van der Waals surface area contributed by atoms with Crippen LogP contribution in [0.25, 0.3) is 0 Å². The molecule has 0 unspecified atom stereocenters. The number of halogens is 4. The largest absolute Gasteiger partial charge is 0.437 e. The highest BCUT2D eigenvalue weighted by molar-refractivity contribution is 7.80. The number of nitrogens with one attached hydrogen (secondary N) is 2. The molecule has 0 aromatic heterocycles. The van der Waals surface area contributed by atoms with E-state index in [0.29, 0.717) is 10.6 Å². The molecule has 1 saturated heterocycles. The molecule has 9 heteroatoms. The molecule has 0 bridgehead atoms. The minimum absolute atomic E-state index is 0.0422. The summed E-state index contributed by atoms with van der Waals surface area (Å²) in [6.45, 7) is 0. The second kappa shape index (κ2) is 7.10. The van der Waals surface area contributed by atoms with E-state index in [9.17, 15) is 23.1 Å². The van der Waals surface area contributed by atoms with Gasteiger partial charge in [0.15, 0.2) is 10.9 Å². The Labute approximate surface area is 163 Å². The average molecular weight is 415 g/mol. The van der Waals surface area contributed by atoms with Crippen molar-refractivity contribution < 1.29 is 23.1 Å². The van der Waals surface area contributed by atoms with E-state index in [2.05, 4.69) is 5.32 Å².